The number of benzene rings is 1. The molecule has 2 N–H and O–H groups in total. The summed E-state index contributed by atoms with van der Waals surface area (Å²) in [5.41, 5.74) is 7.20. The van der Waals surface area contributed by atoms with Crippen molar-refractivity contribution in [3.05, 3.63) is 29.8 Å². The number of carbonyl (C=O) groups excluding carboxylic acids is 2. The van der Waals surface area contributed by atoms with Crippen molar-refractivity contribution >= 4 is 23.5 Å². The Balaban J connectivity index is 2.06. The monoisotopic (exact) mass is 290 g/mol. The molecule has 112 valence electrons. The first kappa shape index (κ1) is 14.8. The van der Waals surface area contributed by atoms with Gasteiger partial charge in [-0.25, -0.2) is 4.79 Å². The van der Waals surface area contributed by atoms with Crippen molar-refractivity contribution in [1.29, 1.82) is 0 Å². The lowest BCUT2D eigenvalue weighted by Gasteiger charge is -2.15. The number of oxime groups is 1. The molecule has 1 aromatic carbocycles. The molecule has 1 fully saturated rings. The first-order chi connectivity index (χ1) is 9.99. The molecule has 2 rings (SSSR count). The van der Waals surface area contributed by atoms with Crippen LogP contribution in [0, 0.1) is 0 Å². The number of amidine groups is 1. The summed E-state index contributed by atoms with van der Waals surface area (Å²) in [5.74, 6) is 0.230. The first-order valence-electron chi connectivity index (χ1n) is 6.61. The molecule has 1 heterocycles. The Labute approximate surface area is 122 Å². The molecule has 0 unspecified atom stereocenters. The number of nitrogens with two attached hydrogens (primary N) is 1. The van der Waals surface area contributed by atoms with Gasteiger partial charge in [0.25, 0.3) is 0 Å². The van der Waals surface area contributed by atoms with Crippen LogP contribution in [0.5, 0.6) is 0 Å². The summed E-state index contributed by atoms with van der Waals surface area (Å²) in [6.07, 6.45) is 0.869. The van der Waals surface area contributed by atoms with Gasteiger partial charge in [-0.3, -0.25) is 9.63 Å². The summed E-state index contributed by atoms with van der Waals surface area (Å²) in [7, 11) is 3.10. The summed E-state index contributed by atoms with van der Waals surface area (Å²) in [6, 6.07) is 7.08. The van der Waals surface area contributed by atoms with Gasteiger partial charge in [0.05, 0.1) is 0 Å². The van der Waals surface area contributed by atoms with E-state index in [1.54, 1.807) is 43.3 Å². The third kappa shape index (κ3) is 3.50. The third-order valence-electron chi connectivity index (χ3n) is 3.14. The second-order valence-electron chi connectivity index (χ2n) is 4.92. The molecule has 0 bridgehead atoms. The molecule has 7 nitrogen and oxygen atoms in total. The van der Waals surface area contributed by atoms with Crippen LogP contribution in [-0.2, 0) is 9.63 Å². The lowest BCUT2D eigenvalue weighted by molar-refractivity contribution is -0.117. The van der Waals surface area contributed by atoms with Gasteiger partial charge < -0.3 is 15.5 Å². The van der Waals surface area contributed by atoms with Crippen molar-refractivity contribution in [2.45, 2.75) is 12.8 Å². The number of hydrogen-bond donors (Lipinski definition) is 1. The van der Waals surface area contributed by atoms with Crippen molar-refractivity contribution in [2.24, 2.45) is 10.9 Å². The standard InChI is InChI=1S/C14H18N4O3/c1-17(2)14(20)21-16-13(15)10-5-7-11(8-6-10)18-9-3-4-12(18)19/h5-8H,3-4,9H2,1-2H3,(H2,15,16). The van der Waals surface area contributed by atoms with Gasteiger partial charge in [-0.1, -0.05) is 5.16 Å². The summed E-state index contributed by atoms with van der Waals surface area (Å²) >= 11 is 0. The summed E-state index contributed by atoms with van der Waals surface area (Å²) in [4.78, 5) is 30.5. The molecule has 0 atom stereocenters. The van der Waals surface area contributed by atoms with Crippen molar-refractivity contribution in [3.63, 3.8) is 0 Å². The van der Waals surface area contributed by atoms with E-state index in [9.17, 15) is 9.59 Å². The Hall–Kier alpha value is -2.57. The maximum Gasteiger partial charge on any atom is 0.435 e. The number of nitrogens with zero attached hydrogens (tertiary/aromatic N) is 3. The Morgan fingerprint density at radius 1 is 1.33 bits per heavy atom. The Morgan fingerprint density at radius 2 is 2.00 bits per heavy atom. The van der Waals surface area contributed by atoms with Crippen LogP contribution in [-0.4, -0.2) is 43.4 Å². The summed E-state index contributed by atoms with van der Waals surface area (Å²) < 4.78 is 0. The Kier molecular flexibility index (Phi) is 4.42. The van der Waals surface area contributed by atoms with Crippen molar-refractivity contribution in [2.75, 3.05) is 25.5 Å². The Bertz CT molecular complexity index is 566. The fraction of sp³-hybridized carbons (Fsp3) is 0.357. The SMILES string of the molecule is CN(C)C(=O)O/N=C(\N)c1ccc(N2CCCC2=O)cc1. The number of anilines is 1. The van der Waals surface area contributed by atoms with Gasteiger partial charge in [0.1, 0.15) is 0 Å². The van der Waals surface area contributed by atoms with Crippen molar-refractivity contribution in [1.82, 2.24) is 4.90 Å². The quantitative estimate of drug-likeness (QED) is 0.391. The first-order valence-corrected chi connectivity index (χ1v) is 6.61. The van der Waals surface area contributed by atoms with Crippen LogP contribution in [0.3, 0.4) is 0 Å². The minimum Gasteiger partial charge on any atom is -0.380 e. The van der Waals surface area contributed by atoms with Crippen LogP contribution in [0.2, 0.25) is 0 Å². The van der Waals surface area contributed by atoms with Gasteiger partial charge >= 0.3 is 6.09 Å². The molecule has 0 spiro atoms. The summed E-state index contributed by atoms with van der Waals surface area (Å²) in [6.45, 7) is 0.738. The fourth-order valence-electron chi connectivity index (χ4n) is 1.96. The highest BCUT2D eigenvalue weighted by atomic mass is 16.7. The molecule has 0 aliphatic carbocycles. The van der Waals surface area contributed by atoms with E-state index in [2.05, 4.69) is 9.99 Å². The molecule has 1 aromatic rings. The molecular formula is C14H18N4O3. The van der Waals surface area contributed by atoms with Gasteiger partial charge in [0, 0.05) is 38.3 Å². The van der Waals surface area contributed by atoms with Gasteiger partial charge in [-0.15, -0.1) is 0 Å². The fourth-order valence-corrected chi connectivity index (χ4v) is 1.96. The summed E-state index contributed by atoms with van der Waals surface area (Å²) in [5, 5.41) is 3.58. The van der Waals surface area contributed by atoms with Crippen LogP contribution in [0.25, 0.3) is 0 Å². The van der Waals surface area contributed by atoms with Crippen LogP contribution in [0.4, 0.5) is 10.5 Å². The van der Waals surface area contributed by atoms with Crippen LogP contribution < -0.4 is 10.6 Å². The largest absolute Gasteiger partial charge is 0.435 e. The predicted octanol–water partition coefficient (Wildman–Crippen LogP) is 1.13. The van der Waals surface area contributed by atoms with Crippen molar-refractivity contribution < 1.29 is 14.4 Å². The van der Waals surface area contributed by atoms with Crippen LogP contribution >= 0.6 is 0 Å². The average molecular weight is 290 g/mol. The molecule has 0 aromatic heterocycles. The highest BCUT2D eigenvalue weighted by Crippen LogP contribution is 2.21. The van der Waals surface area contributed by atoms with Crippen LogP contribution in [0.15, 0.2) is 29.4 Å². The smallest absolute Gasteiger partial charge is 0.380 e. The highest BCUT2D eigenvalue weighted by molar-refractivity contribution is 5.99. The van der Waals surface area contributed by atoms with E-state index in [0.717, 1.165) is 18.7 Å². The minimum atomic E-state index is -0.600. The maximum atomic E-state index is 11.7. The van der Waals surface area contributed by atoms with E-state index in [1.165, 1.54) is 4.90 Å². The molecule has 0 radical (unpaired) electrons. The van der Waals surface area contributed by atoms with Gasteiger partial charge in [0.2, 0.25) is 5.91 Å². The van der Waals surface area contributed by atoms with E-state index in [-0.39, 0.29) is 11.7 Å². The molecular weight excluding hydrogens is 272 g/mol. The number of amides is 2. The highest BCUT2D eigenvalue weighted by Gasteiger charge is 2.21. The maximum absolute atomic E-state index is 11.7. The topological polar surface area (TPSA) is 88.2 Å². The average Bonchev–Trinajstić information content (AvgIpc) is 2.90. The number of rotatable bonds is 3. The third-order valence-corrected chi connectivity index (χ3v) is 3.14. The van der Waals surface area contributed by atoms with E-state index in [4.69, 9.17) is 5.73 Å². The van der Waals surface area contributed by atoms with E-state index in [1.807, 2.05) is 0 Å². The van der Waals surface area contributed by atoms with Gasteiger partial charge in [-0.2, -0.15) is 0 Å². The second-order valence-corrected chi connectivity index (χ2v) is 4.92. The number of carbonyl (C=O) groups is 2. The lowest BCUT2D eigenvalue weighted by atomic mass is 10.2. The molecule has 7 heteroatoms. The van der Waals surface area contributed by atoms with E-state index < -0.39 is 6.09 Å². The lowest BCUT2D eigenvalue weighted by Crippen LogP contribution is -2.24. The van der Waals surface area contributed by atoms with E-state index >= 15 is 0 Å². The van der Waals surface area contributed by atoms with Gasteiger partial charge in [-0.05, 0) is 30.7 Å². The predicted molar refractivity (Wildman–Crippen MR) is 78.9 cm³/mol. The molecule has 1 saturated heterocycles. The molecule has 1 aliphatic rings. The van der Waals surface area contributed by atoms with Gasteiger partial charge in [0.15, 0.2) is 5.84 Å². The Morgan fingerprint density at radius 3 is 2.52 bits per heavy atom. The van der Waals surface area contributed by atoms with E-state index in [0.29, 0.717) is 12.0 Å². The zero-order valence-corrected chi connectivity index (χ0v) is 12.1. The minimum absolute atomic E-state index is 0.101. The molecule has 21 heavy (non-hydrogen) atoms. The molecule has 2 amide bonds. The molecule has 1 aliphatic heterocycles. The molecule has 0 saturated carbocycles. The zero-order valence-electron chi connectivity index (χ0n) is 12.1. The van der Waals surface area contributed by atoms with Crippen LogP contribution in [0.1, 0.15) is 18.4 Å². The second kappa shape index (κ2) is 6.25. The zero-order chi connectivity index (χ0) is 15.4. The van der Waals surface area contributed by atoms with Crippen molar-refractivity contribution in [3.8, 4) is 0 Å². The normalized spacial score (nSPS) is 15.2. The number of hydrogen-bond acceptors (Lipinski definition) is 4.